The zero-order valence-electron chi connectivity index (χ0n) is 10.5. The van der Waals surface area contributed by atoms with Gasteiger partial charge in [0.1, 0.15) is 18.0 Å². The number of nitrogens with one attached hydrogen (secondary N) is 2. The van der Waals surface area contributed by atoms with Crippen molar-refractivity contribution in [2.24, 2.45) is 5.41 Å². The van der Waals surface area contributed by atoms with Crippen LogP contribution in [0, 0.1) is 5.41 Å². The fourth-order valence-electron chi connectivity index (χ4n) is 1.88. The number of hydrogen-bond acceptors (Lipinski definition) is 5. The number of hydrogen-bond donors (Lipinski definition) is 2. The average molecular weight is 236 g/mol. The van der Waals surface area contributed by atoms with Crippen molar-refractivity contribution in [3.05, 3.63) is 12.4 Å². The van der Waals surface area contributed by atoms with E-state index in [2.05, 4.69) is 20.6 Å². The SMILES string of the molecule is CNc1cc(NCC2(CCOC)CC2)ncn1. The molecule has 2 N–H and O–H groups in total. The predicted molar refractivity (Wildman–Crippen MR) is 68.2 cm³/mol. The van der Waals surface area contributed by atoms with Gasteiger partial charge < -0.3 is 15.4 Å². The summed E-state index contributed by atoms with van der Waals surface area (Å²) >= 11 is 0. The Labute approximate surface area is 102 Å². The maximum atomic E-state index is 5.14. The van der Waals surface area contributed by atoms with Crippen molar-refractivity contribution in [1.29, 1.82) is 0 Å². The average Bonchev–Trinajstić information content (AvgIpc) is 3.15. The molecular weight excluding hydrogens is 216 g/mol. The van der Waals surface area contributed by atoms with E-state index < -0.39 is 0 Å². The normalized spacial score (nSPS) is 16.6. The summed E-state index contributed by atoms with van der Waals surface area (Å²) in [6, 6.07) is 1.92. The van der Waals surface area contributed by atoms with Gasteiger partial charge in [-0.1, -0.05) is 0 Å². The van der Waals surface area contributed by atoms with Gasteiger partial charge in [0.15, 0.2) is 0 Å². The minimum absolute atomic E-state index is 0.431. The molecule has 1 heterocycles. The summed E-state index contributed by atoms with van der Waals surface area (Å²) < 4.78 is 5.14. The van der Waals surface area contributed by atoms with E-state index in [9.17, 15) is 0 Å². The third kappa shape index (κ3) is 3.30. The van der Waals surface area contributed by atoms with Crippen molar-refractivity contribution < 1.29 is 4.74 Å². The Bertz CT molecular complexity index is 365. The van der Waals surface area contributed by atoms with Gasteiger partial charge in [-0.15, -0.1) is 0 Å². The van der Waals surface area contributed by atoms with Crippen molar-refractivity contribution in [2.45, 2.75) is 19.3 Å². The van der Waals surface area contributed by atoms with Crippen molar-refractivity contribution >= 4 is 11.6 Å². The molecule has 0 spiro atoms. The Balaban J connectivity index is 1.85. The van der Waals surface area contributed by atoms with Gasteiger partial charge in [-0.2, -0.15) is 0 Å². The van der Waals surface area contributed by atoms with Gasteiger partial charge in [0.05, 0.1) is 0 Å². The largest absolute Gasteiger partial charge is 0.385 e. The molecule has 0 bridgehead atoms. The van der Waals surface area contributed by atoms with Crippen LogP contribution >= 0.6 is 0 Å². The maximum absolute atomic E-state index is 5.14. The van der Waals surface area contributed by atoms with Gasteiger partial charge in [0, 0.05) is 33.4 Å². The number of aromatic nitrogens is 2. The molecule has 0 aromatic carbocycles. The minimum Gasteiger partial charge on any atom is -0.385 e. The second kappa shape index (κ2) is 5.31. The van der Waals surface area contributed by atoms with E-state index in [-0.39, 0.29) is 0 Å². The van der Waals surface area contributed by atoms with E-state index in [1.807, 2.05) is 13.1 Å². The molecule has 17 heavy (non-hydrogen) atoms. The maximum Gasteiger partial charge on any atom is 0.131 e. The zero-order chi connectivity index (χ0) is 12.1. The Morgan fingerprint density at radius 2 is 2.12 bits per heavy atom. The summed E-state index contributed by atoms with van der Waals surface area (Å²) in [5.41, 5.74) is 0.431. The monoisotopic (exact) mass is 236 g/mol. The second-order valence-electron chi connectivity index (χ2n) is 4.63. The zero-order valence-corrected chi connectivity index (χ0v) is 10.5. The van der Waals surface area contributed by atoms with Gasteiger partial charge in [-0.3, -0.25) is 0 Å². The molecule has 0 amide bonds. The van der Waals surface area contributed by atoms with Crippen molar-refractivity contribution in [3.8, 4) is 0 Å². The molecule has 1 aromatic heterocycles. The lowest BCUT2D eigenvalue weighted by Crippen LogP contribution is -2.18. The van der Waals surface area contributed by atoms with Gasteiger partial charge in [-0.05, 0) is 24.7 Å². The van der Waals surface area contributed by atoms with Gasteiger partial charge in [0.25, 0.3) is 0 Å². The topological polar surface area (TPSA) is 59.1 Å². The molecule has 1 aromatic rings. The highest BCUT2D eigenvalue weighted by molar-refractivity contribution is 5.46. The lowest BCUT2D eigenvalue weighted by molar-refractivity contribution is 0.175. The van der Waals surface area contributed by atoms with E-state index in [1.165, 1.54) is 12.8 Å². The van der Waals surface area contributed by atoms with Crippen LogP contribution in [0.25, 0.3) is 0 Å². The molecule has 1 saturated carbocycles. The van der Waals surface area contributed by atoms with E-state index in [4.69, 9.17) is 4.74 Å². The highest BCUT2D eigenvalue weighted by Crippen LogP contribution is 2.48. The predicted octanol–water partition coefficient (Wildman–Crippen LogP) is 1.75. The van der Waals surface area contributed by atoms with Crippen LogP contribution < -0.4 is 10.6 Å². The van der Waals surface area contributed by atoms with Gasteiger partial charge in [0.2, 0.25) is 0 Å². The summed E-state index contributed by atoms with van der Waals surface area (Å²) in [4.78, 5) is 8.29. The molecule has 1 fully saturated rings. The number of methoxy groups -OCH3 is 1. The van der Waals surface area contributed by atoms with E-state index >= 15 is 0 Å². The molecule has 1 aliphatic rings. The number of nitrogens with zero attached hydrogens (tertiary/aromatic N) is 2. The number of rotatable bonds is 7. The fourth-order valence-corrected chi connectivity index (χ4v) is 1.88. The second-order valence-corrected chi connectivity index (χ2v) is 4.63. The molecule has 0 aliphatic heterocycles. The Hall–Kier alpha value is -1.36. The molecule has 0 saturated heterocycles. The number of anilines is 2. The summed E-state index contributed by atoms with van der Waals surface area (Å²) in [7, 11) is 3.61. The summed E-state index contributed by atoms with van der Waals surface area (Å²) in [5, 5.41) is 6.39. The van der Waals surface area contributed by atoms with Crippen LogP contribution in [0.3, 0.4) is 0 Å². The molecule has 1 aliphatic carbocycles. The molecule has 0 atom stereocenters. The Kier molecular flexibility index (Phi) is 3.78. The van der Waals surface area contributed by atoms with Crippen molar-refractivity contribution in [3.63, 3.8) is 0 Å². The first-order chi connectivity index (χ1) is 8.28. The van der Waals surface area contributed by atoms with Crippen LogP contribution in [0.4, 0.5) is 11.6 Å². The van der Waals surface area contributed by atoms with Crippen LogP contribution in [0.5, 0.6) is 0 Å². The first-order valence-electron chi connectivity index (χ1n) is 6.01. The fraction of sp³-hybridized carbons (Fsp3) is 0.667. The molecule has 0 unspecified atom stereocenters. The molecular formula is C12H20N4O. The number of ether oxygens (including phenoxy) is 1. The van der Waals surface area contributed by atoms with Crippen LogP contribution in [-0.2, 0) is 4.74 Å². The quantitative estimate of drug-likeness (QED) is 0.755. The van der Waals surface area contributed by atoms with Crippen LogP contribution in [-0.4, -0.2) is 37.3 Å². The standard InChI is InChI=1S/C12H20N4O/c1-13-10-7-11(16-9-15-10)14-8-12(3-4-12)5-6-17-2/h7,9H,3-6,8H2,1-2H3,(H2,13,14,15,16). The molecule has 0 radical (unpaired) electrons. The highest BCUT2D eigenvalue weighted by atomic mass is 16.5. The van der Waals surface area contributed by atoms with Crippen LogP contribution in [0.1, 0.15) is 19.3 Å². The Morgan fingerprint density at radius 3 is 2.76 bits per heavy atom. The summed E-state index contributed by atoms with van der Waals surface area (Å²) in [5.74, 6) is 1.72. The highest BCUT2D eigenvalue weighted by Gasteiger charge is 2.41. The minimum atomic E-state index is 0.431. The summed E-state index contributed by atoms with van der Waals surface area (Å²) in [6.07, 6.45) is 5.27. The van der Waals surface area contributed by atoms with Crippen LogP contribution in [0.15, 0.2) is 12.4 Å². The van der Waals surface area contributed by atoms with Crippen LogP contribution in [0.2, 0.25) is 0 Å². The first-order valence-corrected chi connectivity index (χ1v) is 6.01. The summed E-state index contributed by atoms with van der Waals surface area (Å²) in [6.45, 7) is 1.81. The lowest BCUT2D eigenvalue weighted by atomic mass is 10.0. The first kappa shape index (κ1) is 12.1. The molecule has 5 nitrogen and oxygen atoms in total. The van der Waals surface area contributed by atoms with Crippen molar-refractivity contribution in [1.82, 2.24) is 9.97 Å². The van der Waals surface area contributed by atoms with Gasteiger partial charge >= 0.3 is 0 Å². The molecule has 94 valence electrons. The van der Waals surface area contributed by atoms with Gasteiger partial charge in [-0.25, -0.2) is 9.97 Å². The molecule has 2 rings (SSSR count). The van der Waals surface area contributed by atoms with Crippen molar-refractivity contribution in [2.75, 3.05) is 37.9 Å². The smallest absolute Gasteiger partial charge is 0.131 e. The third-order valence-electron chi connectivity index (χ3n) is 3.36. The van der Waals surface area contributed by atoms with E-state index in [0.29, 0.717) is 5.41 Å². The molecule has 5 heteroatoms. The van der Waals surface area contributed by atoms with E-state index in [0.717, 1.165) is 31.2 Å². The Morgan fingerprint density at radius 1 is 1.35 bits per heavy atom. The van der Waals surface area contributed by atoms with E-state index in [1.54, 1.807) is 13.4 Å². The lowest BCUT2D eigenvalue weighted by Gasteiger charge is -2.15. The third-order valence-corrected chi connectivity index (χ3v) is 3.36.